The van der Waals surface area contributed by atoms with Gasteiger partial charge in [-0.25, -0.2) is 9.97 Å². The van der Waals surface area contributed by atoms with Gasteiger partial charge in [-0.1, -0.05) is 79.7 Å². The van der Waals surface area contributed by atoms with E-state index >= 15 is 0 Å². The lowest BCUT2D eigenvalue weighted by molar-refractivity contribution is 1.06. The maximum absolute atomic E-state index is 5.12. The van der Waals surface area contributed by atoms with Gasteiger partial charge in [0, 0.05) is 33.3 Å². The minimum atomic E-state index is 0.871. The second kappa shape index (κ2) is 9.41. The third kappa shape index (κ3) is 4.11. The van der Waals surface area contributed by atoms with Crippen LogP contribution in [0.5, 0.6) is 0 Å². The zero-order chi connectivity index (χ0) is 26.3. The molecule has 4 nitrogen and oxygen atoms in total. The van der Waals surface area contributed by atoms with E-state index in [0.29, 0.717) is 0 Å². The van der Waals surface area contributed by atoms with Gasteiger partial charge in [0.25, 0.3) is 0 Å². The Morgan fingerprint density at radius 2 is 1.23 bits per heavy atom. The number of pyridine rings is 2. The summed E-state index contributed by atoms with van der Waals surface area (Å²) in [6, 6.07) is 37.7. The molecular weight excluding hydrogens is 476 g/mol. The summed E-state index contributed by atoms with van der Waals surface area (Å²) in [4.78, 5) is 20.1. The van der Waals surface area contributed by atoms with Gasteiger partial charge in [-0.05, 0) is 60.9 Å². The van der Waals surface area contributed by atoms with Crippen LogP contribution < -0.4 is 0 Å². The molecule has 7 rings (SSSR count). The first-order valence-corrected chi connectivity index (χ1v) is 13.3. The van der Waals surface area contributed by atoms with E-state index in [0.717, 1.165) is 84.3 Å². The zero-order valence-corrected chi connectivity index (χ0v) is 21.9. The van der Waals surface area contributed by atoms with Crippen LogP contribution in [0, 0.1) is 6.92 Å². The van der Waals surface area contributed by atoms with Crippen molar-refractivity contribution in [3.8, 4) is 33.6 Å². The molecule has 4 aromatic carbocycles. The molecule has 186 valence electrons. The molecule has 0 radical (unpaired) electrons. The molecule has 0 aliphatic carbocycles. The minimum Gasteiger partial charge on any atom is -0.251 e. The second-order valence-electron chi connectivity index (χ2n) is 9.86. The average Bonchev–Trinajstić information content (AvgIpc) is 3.00. The third-order valence-corrected chi connectivity index (χ3v) is 7.26. The van der Waals surface area contributed by atoms with Gasteiger partial charge in [0.2, 0.25) is 0 Å². The van der Waals surface area contributed by atoms with Gasteiger partial charge in [-0.2, -0.15) is 0 Å². The van der Waals surface area contributed by atoms with Crippen LogP contribution in [0.25, 0.3) is 66.5 Å². The highest BCUT2D eigenvalue weighted by molar-refractivity contribution is 6.10. The standard InChI is InChI=1S/C35H26N4/c1-3-27-18-19-28-29(21-26-17-16-22(2)36-34(26)35(28)37-27)24-12-9-13-25(20-24)33-32(23-10-5-4-6-11-23)38-30-14-7-8-15-31(30)39-33/h4-21H,3H2,1-2H3. The van der Waals surface area contributed by atoms with Crippen molar-refractivity contribution in [3.63, 3.8) is 0 Å². The second-order valence-corrected chi connectivity index (χ2v) is 9.86. The van der Waals surface area contributed by atoms with Crippen molar-refractivity contribution in [2.24, 2.45) is 0 Å². The SMILES string of the molecule is CCc1ccc2c(-c3cccc(-c4nc5ccccc5nc4-c4ccccc4)c3)cc3ccc(C)nc3c2n1. The van der Waals surface area contributed by atoms with Gasteiger partial charge in [-0.15, -0.1) is 0 Å². The Bertz CT molecular complexity index is 2010. The Hall–Kier alpha value is -4.96. The van der Waals surface area contributed by atoms with E-state index in [1.807, 2.05) is 49.4 Å². The highest BCUT2D eigenvalue weighted by Crippen LogP contribution is 2.37. The maximum atomic E-state index is 5.12. The van der Waals surface area contributed by atoms with Crippen molar-refractivity contribution in [3.05, 3.63) is 121 Å². The number of rotatable bonds is 4. The molecule has 4 heteroatoms. The molecule has 0 spiro atoms. The van der Waals surface area contributed by atoms with E-state index in [1.54, 1.807) is 0 Å². The van der Waals surface area contributed by atoms with Crippen molar-refractivity contribution >= 4 is 32.8 Å². The molecule has 3 aromatic heterocycles. The number of hydrogen-bond donors (Lipinski definition) is 0. The van der Waals surface area contributed by atoms with Crippen LogP contribution in [0.2, 0.25) is 0 Å². The highest BCUT2D eigenvalue weighted by Gasteiger charge is 2.16. The number of aryl methyl sites for hydroxylation is 2. The summed E-state index contributed by atoms with van der Waals surface area (Å²) < 4.78 is 0. The van der Waals surface area contributed by atoms with Crippen LogP contribution in [-0.2, 0) is 6.42 Å². The van der Waals surface area contributed by atoms with Crippen LogP contribution in [-0.4, -0.2) is 19.9 Å². The summed E-state index contributed by atoms with van der Waals surface area (Å²) in [6.07, 6.45) is 0.881. The quantitative estimate of drug-likeness (QED) is 0.226. The Balaban J connectivity index is 1.48. The fourth-order valence-electron chi connectivity index (χ4n) is 5.27. The minimum absolute atomic E-state index is 0.871. The lowest BCUT2D eigenvalue weighted by Crippen LogP contribution is -1.96. The first-order chi connectivity index (χ1) is 19.2. The van der Waals surface area contributed by atoms with Crippen LogP contribution in [0.15, 0.2) is 109 Å². The van der Waals surface area contributed by atoms with Crippen molar-refractivity contribution in [2.75, 3.05) is 0 Å². The van der Waals surface area contributed by atoms with Gasteiger partial charge in [0.15, 0.2) is 0 Å². The van der Waals surface area contributed by atoms with Gasteiger partial charge < -0.3 is 0 Å². The molecule has 0 N–H and O–H groups in total. The van der Waals surface area contributed by atoms with Gasteiger partial charge in [-0.3, -0.25) is 9.97 Å². The summed E-state index contributed by atoms with van der Waals surface area (Å²) >= 11 is 0. The van der Waals surface area contributed by atoms with E-state index in [2.05, 4.69) is 73.7 Å². The summed E-state index contributed by atoms with van der Waals surface area (Å²) in [5, 5.41) is 2.19. The zero-order valence-electron chi connectivity index (χ0n) is 21.9. The molecule has 0 atom stereocenters. The molecule has 0 saturated heterocycles. The summed E-state index contributed by atoms with van der Waals surface area (Å²) in [7, 11) is 0. The Labute approximate surface area is 227 Å². The molecule has 0 aliphatic rings. The molecular formula is C35H26N4. The highest BCUT2D eigenvalue weighted by atomic mass is 14.8. The normalized spacial score (nSPS) is 11.4. The monoisotopic (exact) mass is 502 g/mol. The van der Waals surface area contributed by atoms with Crippen molar-refractivity contribution in [1.29, 1.82) is 0 Å². The lowest BCUT2D eigenvalue weighted by Gasteiger charge is -2.14. The number of aromatic nitrogens is 4. The van der Waals surface area contributed by atoms with Crippen LogP contribution in [0.3, 0.4) is 0 Å². The molecule has 0 bridgehead atoms. The van der Waals surface area contributed by atoms with Crippen molar-refractivity contribution in [1.82, 2.24) is 19.9 Å². The number of para-hydroxylation sites is 2. The molecule has 3 heterocycles. The third-order valence-electron chi connectivity index (χ3n) is 7.26. The first kappa shape index (κ1) is 23.2. The predicted octanol–water partition coefficient (Wildman–Crippen LogP) is 8.60. The lowest BCUT2D eigenvalue weighted by atomic mass is 9.94. The smallest absolute Gasteiger partial charge is 0.0974 e. The van der Waals surface area contributed by atoms with E-state index in [-0.39, 0.29) is 0 Å². The van der Waals surface area contributed by atoms with E-state index in [1.165, 1.54) is 0 Å². The fraction of sp³-hybridized carbons (Fsp3) is 0.0857. The van der Waals surface area contributed by atoms with Gasteiger partial charge in [0.05, 0.1) is 33.5 Å². The number of nitrogens with zero attached hydrogens (tertiary/aromatic N) is 4. The van der Waals surface area contributed by atoms with Crippen LogP contribution >= 0.6 is 0 Å². The van der Waals surface area contributed by atoms with E-state index in [9.17, 15) is 0 Å². The maximum Gasteiger partial charge on any atom is 0.0974 e. The van der Waals surface area contributed by atoms with Crippen LogP contribution in [0.1, 0.15) is 18.3 Å². The van der Waals surface area contributed by atoms with E-state index in [4.69, 9.17) is 19.9 Å². The summed E-state index contributed by atoms with van der Waals surface area (Å²) in [6.45, 7) is 4.17. The van der Waals surface area contributed by atoms with Gasteiger partial charge in [0.1, 0.15) is 0 Å². The molecule has 0 aliphatic heterocycles. The molecule has 0 fully saturated rings. The predicted molar refractivity (Wildman–Crippen MR) is 161 cm³/mol. The van der Waals surface area contributed by atoms with Crippen molar-refractivity contribution < 1.29 is 0 Å². The Morgan fingerprint density at radius 1 is 0.538 bits per heavy atom. The Morgan fingerprint density at radius 3 is 2.00 bits per heavy atom. The Kier molecular flexibility index (Phi) is 5.59. The van der Waals surface area contributed by atoms with E-state index < -0.39 is 0 Å². The average molecular weight is 503 g/mol. The molecule has 0 amide bonds. The number of fused-ring (bicyclic) bond motifs is 4. The van der Waals surface area contributed by atoms with Crippen LogP contribution in [0.4, 0.5) is 0 Å². The fourth-order valence-corrected chi connectivity index (χ4v) is 5.27. The largest absolute Gasteiger partial charge is 0.251 e. The summed E-state index contributed by atoms with van der Waals surface area (Å²) in [5.74, 6) is 0. The van der Waals surface area contributed by atoms with Crippen molar-refractivity contribution in [2.45, 2.75) is 20.3 Å². The van der Waals surface area contributed by atoms with Gasteiger partial charge >= 0.3 is 0 Å². The molecule has 39 heavy (non-hydrogen) atoms. The number of hydrogen-bond acceptors (Lipinski definition) is 4. The first-order valence-electron chi connectivity index (χ1n) is 13.3. The molecule has 7 aromatic rings. The summed E-state index contributed by atoms with van der Waals surface area (Å²) in [5.41, 5.74) is 11.8. The number of benzene rings is 4. The molecule has 0 saturated carbocycles. The molecule has 0 unspecified atom stereocenters. The topological polar surface area (TPSA) is 51.6 Å².